The lowest BCUT2D eigenvalue weighted by molar-refractivity contribution is -0.385. The fourth-order valence-corrected chi connectivity index (χ4v) is 1.78. The fourth-order valence-electron chi connectivity index (χ4n) is 1.61. The summed E-state index contributed by atoms with van der Waals surface area (Å²) < 4.78 is 18.4. The van der Waals surface area contributed by atoms with Gasteiger partial charge in [0, 0.05) is 16.7 Å². The average molecular weight is 298 g/mol. The number of nitro benzene ring substituents is 1. The first kappa shape index (κ1) is 14.2. The number of hydrogen-bond donors (Lipinski definition) is 1. The Labute approximate surface area is 118 Å². The molecule has 2 aromatic rings. The molecule has 2 rings (SSSR count). The first-order valence-electron chi connectivity index (χ1n) is 5.52. The maximum atomic E-state index is 13.0. The van der Waals surface area contributed by atoms with Gasteiger partial charge in [-0.25, -0.2) is 4.39 Å². The molecule has 0 saturated heterocycles. The van der Waals surface area contributed by atoms with Crippen LogP contribution in [0.25, 0.3) is 0 Å². The maximum absolute atomic E-state index is 13.0. The Bertz CT molecular complexity index is 663. The molecule has 5 nitrogen and oxygen atoms in total. The van der Waals surface area contributed by atoms with Crippen LogP contribution in [-0.4, -0.2) is 10.0 Å². The van der Waals surface area contributed by atoms with Gasteiger partial charge in [0.1, 0.15) is 11.6 Å². The molecule has 0 spiro atoms. The van der Waals surface area contributed by atoms with Crippen molar-refractivity contribution in [3.8, 4) is 11.5 Å². The third-order valence-corrected chi connectivity index (χ3v) is 2.77. The van der Waals surface area contributed by atoms with Crippen molar-refractivity contribution in [2.75, 3.05) is 0 Å². The number of ether oxygens (including phenoxy) is 1. The van der Waals surface area contributed by atoms with Gasteiger partial charge in [-0.05, 0) is 30.3 Å². The minimum Gasteiger partial charge on any atom is -0.450 e. The zero-order valence-electron chi connectivity index (χ0n) is 10.0. The van der Waals surface area contributed by atoms with E-state index in [9.17, 15) is 14.5 Å². The second-order valence-corrected chi connectivity index (χ2v) is 4.32. The van der Waals surface area contributed by atoms with Crippen molar-refractivity contribution in [3.05, 3.63) is 62.9 Å². The molecule has 0 bridgehead atoms. The standard InChI is InChI=1S/C13H9ClFNO4/c14-9-1-3-13(11(6-9)16(18)19)20-12-4-2-10(15)5-8(12)7-17/h1-6,17H,7H2. The number of benzene rings is 2. The second-order valence-electron chi connectivity index (χ2n) is 3.88. The van der Waals surface area contributed by atoms with Gasteiger partial charge in [0.05, 0.1) is 11.5 Å². The molecule has 0 aliphatic heterocycles. The summed E-state index contributed by atoms with van der Waals surface area (Å²) in [6.45, 7) is -0.450. The largest absolute Gasteiger partial charge is 0.450 e. The first-order valence-corrected chi connectivity index (χ1v) is 5.90. The summed E-state index contributed by atoms with van der Waals surface area (Å²) in [6.07, 6.45) is 0. The van der Waals surface area contributed by atoms with Crippen LogP contribution in [0.3, 0.4) is 0 Å². The molecule has 0 amide bonds. The van der Waals surface area contributed by atoms with E-state index in [0.29, 0.717) is 0 Å². The van der Waals surface area contributed by atoms with Crippen LogP contribution < -0.4 is 4.74 Å². The van der Waals surface area contributed by atoms with E-state index in [1.807, 2.05) is 0 Å². The molecule has 0 heterocycles. The Balaban J connectivity index is 2.42. The number of aliphatic hydroxyl groups is 1. The lowest BCUT2D eigenvalue weighted by Gasteiger charge is -2.10. The lowest BCUT2D eigenvalue weighted by atomic mass is 10.2. The van der Waals surface area contributed by atoms with E-state index in [1.165, 1.54) is 18.2 Å². The number of aliphatic hydroxyl groups excluding tert-OH is 1. The lowest BCUT2D eigenvalue weighted by Crippen LogP contribution is -1.96. The Morgan fingerprint density at radius 2 is 1.95 bits per heavy atom. The minimum atomic E-state index is -0.636. The molecular formula is C13H9ClFNO4. The van der Waals surface area contributed by atoms with E-state index in [-0.39, 0.29) is 27.8 Å². The van der Waals surface area contributed by atoms with Gasteiger partial charge < -0.3 is 9.84 Å². The van der Waals surface area contributed by atoms with E-state index in [1.54, 1.807) is 0 Å². The van der Waals surface area contributed by atoms with Crippen LogP contribution in [0, 0.1) is 15.9 Å². The summed E-state index contributed by atoms with van der Waals surface area (Å²) in [5, 5.41) is 20.3. The molecule has 0 aliphatic rings. The van der Waals surface area contributed by atoms with Crippen LogP contribution in [0.4, 0.5) is 10.1 Å². The maximum Gasteiger partial charge on any atom is 0.313 e. The molecular weight excluding hydrogens is 289 g/mol. The fraction of sp³-hybridized carbons (Fsp3) is 0.0769. The van der Waals surface area contributed by atoms with Gasteiger partial charge in [0.15, 0.2) is 0 Å². The van der Waals surface area contributed by atoms with Crippen LogP contribution >= 0.6 is 11.6 Å². The Morgan fingerprint density at radius 3 is 2.60 bits per heavy atom. The average Bonchev–Trinajstić information content (AvgIpc) is 2.42. The van der Waals surface area contributed by atoms with Crippen LogP contribution in [0.2, 0.25) is 5.02 Å². The number of halogens is 2. The van der Waals surface area contributed by atoms with Gasteiger partial charge in [-0.1, -0.05) is 11.6 Å². The highest BCUT2D eigenvalue weighted by molar-refractivity contribution is 6.30. The van der Waals surface area contributed by atoms with Gasteiger partial charge in [0.2, 0.25) is 5.75 Å². The summed E-state index contributed by atoms with van der Waals surface area (Å²) in [6, 6.07) is 7.45. The zero-order chi connectivity index (χ0) is 14.7. The van der Waals surface area contributed by atoms with Gasteiger partial charge in [0.25, 0.3) is 0 Å². The Hall–Kier alpha value is -2.18. The summed E-state index contributed by atoms with van der Waals surface area (Å²) in [5.41, 5.74) is -0.125. The number of nitrogens with zero attached hydrogens (tertiary/aromatic N) is 1. The first-order chi connectivity index (χ1) is 9.51. The third-order valence-electron chi connectivity index (χ3n) is 2.53. The zero-order valence-corrected chi connectivity index (χ0v) is 10.8. The number of hydrogen-bond acceptors (Lipinski definition) is 4. The van der Waals surface area contributed by atoms with Crippen molar-refractivity contribution in [1.29, 1.82) is 0 Å². The molecule has 0 saturated carbocycles. The van der Waals surface area contributed by atoms with Crippen LogP contribution in [0.1, 0.15) is 5.56 Å². The van der Waals surface area contributed by atoms with Gasteiger partial charge >= 0.3 is 5.69 Å². The molecule has 0 fully saturated rings. The predicted molar refractivity (Wildman–Crippen MR) is 70.5 cm³/mol. The molecule has 1 N–H and O–H groups in total. The van der Waals surface area contributed by atoms with Crippen LogP contribution in [0.5, 0.6) is 11.5 Å². The summed E-state index contributed by atoms with van der Waals surface area (Å²) >= 11 is 5.69. The van der Waals surface area contributed by atoms with Gasteiger partial charge in [-0.3, -0.25) is 10.1 Å². The second kappa shape index (κ2) is 5.85. The van der Waals surface area contributed by atoms with Crippen molar-refractivity contribution in [2.24, 2.45) is 0 Å². The van der Waals surface area contributed by atoms with Crippen molar-refractivity contribution >= 4 is 17.3 Å². The highest BCUT2D eigenvalue weighted by atomic mass is 35.5. The van der Waals surface area contributed by atoms with E-state index >= 15 is 0 Å². The Morgan fingerprint density at radius 1 is 1.25 bits per heavy atom. The topological polar surface area (TPSA) is 72.6 Å². The van der Waals surface area contributed by atoms with Crippen molar-refractivity contribution in [1.82, 2.24) is 0 Å². The third kappa shape index (κ3) is 3.04. The molecule has 7 heteroatoms. The quantitative estimate of drug-likeness (QED) is 0.690. The normalized spacial score (nSPS) is 10.3. The highest BCUT2D eigenvalue weighted by Gasteiger charge is 2.17. The van der Waals surface area contributed by atoms with Gasteiger partial charge in [-0.2, -0.15) is 0 Å². The molecule has 20 heavy (non-hydrogen) atoms. The predicted octanol–water partition coefficient (Wildman–Crippen LogP) is 3.67. The smallest absolute Gasteiger partial charge is 0.313 e. The molecule has 104 valence electrons. The van der Waals surface area contributed by atoms with E-state index in [4.69, 9.17) is 21.4 Å². The summed E-state index contributed by atoms with van der Waals surface area (Å²) in [5.74, 6) is -0.438. The van der Waals surface area contributed by atoms with E-state index in [2.05, 4.69) is 0 Å². The highest BCUT2D eigenvalue weighted by Crippen LogP contribution is 2.35. The van der Waals surface area contributed by atoms with Crippen molar-refractivity contribution in [3.63, 3.8) is 0 Å². The summed E-state index contributed by atoms with van der Waals surface area (Å²) in [4.78, 5) is 10.3. The molecule has 0 aliphatic carbocycles. The van der Waals surface area contributed by atoms with Gasteiger partial charge in [-0.15, -0.1) is 0 Å². The minimum absolute atomic E-state index is 0.0410. The summed E-state index contributed by atoms with van der Waals surface area (Å²) in [7, 11) is 0. The molecule has 0 aromatic heterocycles. The molecule has 0 radical (unpaired) electrons. The van der Waals surface area contributed by atoms with Crippen LogP contribution in [-0.2, 0) is 6.61 Å². The van der Waals surface area contributed by atoms with E-state index in [0.717, 1.165) is 18.2 Å². The monoisotopic (exact) mass is 297 g/mol. The van der Waals surface area contributed by atoms with Crippen molar-refractivity contribution in [2.45, 2.75) is 6.61 Å². The molecule has 0 atom stereocenters. The SMILES string of the molecule is O=[N+]([O-])c1cc(Cl)ccc1Oc1ccc(F)cc1CO. The number of nitro groups is 1. The molecule has 2 aromatic carbocycles. The number of rotatable bonds is 4. The Kier molecular flexibility index (Phi) is 4.16. The van der Waals surface area contributed by atoms with E-state index < -0.39 is 17.3 Å². The molecule has 0 unspecified atom stereocenters. The van der Waals surface area contributed by atoms with Crippen molar-refractivity contribution < 1.29 is 19.2 Å². The van der Waals surface area contributed by atoms with Crippen LogP contribution in [0.15, 0.2) is 36.4 Å².